The van der Waals surface area contributed by atoms with Crippen LogP contribution in [-0.2, 0) is 9.53 Å². The number of hydrogen-bond donors (Lipinski definition) is 0. The molecule has 1 aromatic rings. The van der Waals surface area contributed by atoms with Gasteiger partial charge in [-0.3, -0.25) is 4.79 Å². The van der Waals surface area contributed by atoms with Crippen molar-refractivity contribution < 1.29 is 9.53 Å². The minimum atomic E-state index is -0.0811. The Morgan fingerprint density at radius 1 is 1.59 bits per heavy atom. The average Bonchev–Trinajstić information content (AvgIpc) is 2.76. The van der Waals surface area contributed by atoms with Gasteiger partial charge in [0.2, 0.25) is 10.4 Å². The molecule has 2 rings (SSSR count). The molecule has 1 saturated heterocycles. The van der Waals surface area contributed by atoms with Crippen LogP contribution in [0.15, 0.2) is 0 Å². The van der Waals surface area contributed by atoms with E-state index in [1.807, 2.05) is 6.92 Å². The fourth-order valence-electron chi connectivity index (χ4n) is 1.89. The van der Waals surface area contributed by atoms with E-state index in [0.29, 0.717) is 6.61 Å². The number of anilines is 1. The number of esters is 1. The van der Waals surface area contributed by atoms with Gasteiger partial charge in [-0.15, -0.1) is 0 Å². The second-order valence-electron chi connectivity index (χ2n) is 3.86. The number of carbonyl (C=O) groups excluding carboxylic acids is 1. The van der Waals surface area contributed by atoms with Crippen LogP contribution in [0.1, 0.15) is 19.8 Å². The van der Waals surface area contributed by atoms with Gasteiger partial charge in [0.1, 0.15) is 0 Å². The maximum Gasteiger partial charge on any atom is 0.309 e. The SMILES string of the molecule is CCOC(=O)C1CCN(c2nc(Cl)ns2)CC1. The van der Waals surface area contributed by atoms with Crippen LogP contribution in [0, 0.1) is 5.92 Å². The summed E-state index contributed by atoms with van der Waals surface area (Å²) in [6, 6.07) is 0. The first-order valence-electron chi connectivity index (χ1n) is 5.61. The summed E-state index contributed by atoms with van der Waals surface area (Å²) in [6.45, 7) is 3.88. The maximum absolute atomic E-state index is 11.6. The van der Waals surface area contributed by atoms with Crippen molar-refractivity contribution in [2.45, 2.75) is 19.8 Å². The number of carbonyl (C=O) groups is 1. The van der Waals surface area contributed by atoms with Gasteiger partial charge >= 0.3 is 5.97 Å². The molecule has 1 aromatic heterocycles. The van der Waals surface area contributed by atoms with Gasteiger partial charge in [-0.25, -0.2) is 0 Å². The van der Waals surface area contributed by atoms with E-state index in [2.05, 4.69) is 14.3 Å². The van der Waals surface area contributed by atoms with Crippen molar-refractivity contribution in [3.05, 3.63) is 5.28 Å². The number of hydrogen-bond acceptors (Lipinski definition) is 6. The van der Waals surface area contributed by atoms with Crippen LogP contribution in [0.4, 0.5) is 5.13 Å². The molecule has 0 unspecified atom stereocenters. The smallest absolute Gasteiger partial charge is 0.309 e. The van der Waals surface area contributed by atoms with E-state index in [1.54, 1.807) is 0 Å². The van der Waals surface area contributed by atoms with E-state index in [9.17, 15) is 4.79 Å². The molecule has 1 fully saturated rings. The third-order valence-corrected chi connectivity index (χ3v) is 3.82. The summed E-state index contributed by atoms with van der Waals surface area (Å²) < 4.78 is 8.96. The van der Waals surface area contributed by atoms with Crippen LogP contribution >= 0.6 is 23.1 Å². The van der Waals surface area contributed by atoms with Crippen LogP contribution in [0.2, 0.25) is 5.28 Å². The summed E-state index contributed by atoms with van der Waals surface area (Å²) in [7, 11) is 0. The van der Waals surface area contributed by atoms with Gasteiger partial charge in [0.25, 0.3) is 0 Å². The fourth-order valence-corrected chi connectivity index (χ4v) is 2.75. The number of rotatable bonds is 3. The summed E-state index contributed by atoms with van der Waals surface area (Å²) in [5.74, 6) is -0.0583. The lowest BCUT2D eigenvalue weighted by Gasteiger charge is -2.30. The Bertz CT molecular complexity index is 391. The Kier molecular flexibility index (Phi) is 4.17. The van der Waals surface area contributed by atoms with E-state index in [4.69, 9.17) is 16.3 Å². The molecule has 17 heavy (non-hydrogen) atoms. The van der Waals surface area contributed by atoms with Gasteiger partial charge in [-0.1, -0.05) is 0 Å². The normalized spacial score (nSPS) is 17.2. The quantitative estimate of drug-likeness (QED) is 0.790. The predicted molar refractivity (Wildman–Crippen MR) is 66.5 cm³/mol. The van der Waals surface area contributed by atoms with E-state index in [1.165, 1.54) is 11.5 Å². The monoisotopic (exact) mass is 275 g/mol. The number of nitrogens with zero attached hydrogens (tertiary/aromatic N) is 3. The minimum absolute atomic E-state index is 0.0228. The lowest BCUT2D eigenvalue weighted by molar-refractivity contribution is -0.148. The van der Waals surface area contributed by atoms with Gasteiger partial charge in [0, 0.05) is 24.6 Å². The minimum Gasteiger partial charge on any atom is -0.466 e. The average molecular weight is 276 g/mol. The van der Waals surface area contributed by atoms with E-state index >= 15 is 0 Å². The van der Waals surface area contributed by atoms with Crippen LogP contribution < -0.4 is 4.90 Å². The lowest BCUT2D eigenvalue weighted by Crippen LogP contribution is -2.36. The van der Waals surface area contributed by atoms with Gasteiger partial charge in [0.15, 0.2) is 0 Å². The van der Waals surface area contributed by atoms with Crippen LogP contribution in [0.5, 0.6) is 0 Å². The summed E-state index contributed by atoms with van der Waals surface area (Å²) in [6.07, 6.45) is 1.60. The zero-order chi connectivity index (χ0) is 12.3. The van der Waals surface area contributed by atoms with E-state index < -0.39 is 0 Å². The Balaban J connectivity index is 1.88. The van der Waals surface area contributed by atoms with Gasteiger partial charge in [-0.2, -0.15) is 9.36 Å². The summed E-state index contributed by atoms with van der Waals surface area (Å²) in [4.78, 5) is 17.8. The first kappa shape index (κ1) is 12.6. The second-order valence-corrected chi connectivity index (χ2v) is 4.93. The molecule has 0 atom stereocenters. The molecule has 0 aliphatic carbocycles. The standard InChI is InChI=1S/C10H14ClN3O2S/c1-2-16-8(15)7-3-5-14(6-4-7)10-12-9(11)13-17-10/h7H,2-6H2,1H3. The van der Waals surface area contributed by atoms with Crippen molar-refractivity contribution >= 4 is 34.2 Å². The summed E-state index contributed by atoms with van der Waals surface area (Å²) in [5, 5.41) is 1.12. The highest BCUT2D eigenvalue weighted by atomic mass is 35.5. The molecule has 0 radical (unpaired) electrons. The third-order valence-electron chi connectivity index (χ3n) is 2.78. The molecule has 1 aliphatic rings. The van der Waals surface area contributed by atoms with Gasteiger partial charge in [0.05, 0.1) is 12.5 Å². The van der Waals surface area contributed by atoms with Crippen LogP contribution in [0.3, 0.4) is 0 Å². The first-order valence-corrected chi connectivity index (χ1v) is 6.76. The number of ether oxygens (including phenoxy) is 1. The number of halogens is 1. The van der Waals surface area contributed by atoms with Gasteiger partial charge in [-0.05, 0) is 31.4 Å². The molecule has 2 heterocycles. The molecule has 1 aliphatic heterocycles. The van der Waals surface area contributed by atoms with Crippen LogP contribution in [-0.4, -0.2) is 35.0 Å². The Labute approximate surface area is 109 Å². The van der Waals surface area contributed by atoms with Crippen molar-refractivity contribution in [1.82, 2.24) is 9.36 Å². The Morgan fingerprint density at radius 3 is 2.82 bits per heavy atom. The fraction of sp³-hybridized carbons (Fsp3) is 0.700. The summed E-state index contributed by atoms with van der Waals surface area (Å²) >= 11 is 6.98. The molecule has 0 aromatic carbocycles. The lowest BCUT2D eigenvalue weighted by atomic mass is 9.97. The molecule has 0 saturated carbocycles. The highest BCUT2D eigenvalue weighted by molar-refractivity contribution is 7.10. The Morgan fingerprint density at radius 2 is 2.29 bits per heavy atom. The molecule has 0 amide bonds. The second kappa shape index (κ2) is 5.64. The highest BCUT2D eigenvalue weighted by Crippen LogP contribution is 2.26. The summed E-state index contributed by atoms with van der Waals surface area (Å²) in [5.41, 5.74) is 0. The molecule has 94 valence electrons. The van der Waals surface area contributed by atoms with Crippen molar-refractivity contribution in [2.24, 2.45) is 5.92 Å². The molecular weight excluding hydrogens is 262 g/mol. The topological polar surface area (TPSA) is 55.3 Å². The van der Waals surface area contributed by atoms with Gasteiger partial charge < -0.3 is 9.64 Å². The molecule has 5 nitrogen and oxygen atoms in total. The molecule has 0 spiro atoms. The van der Waals surface area contributed by atoms with Crippen molar-refractivity contribution in [3.8, 4) is 0 Å². The molecular formula is C10H14ClN3O2S. The van der Waals surface area contributed by atoms with Crippen molar-refractivity contribution in [1.29, 1.82) is 0 Å². The predicted octanol–water partition coefficient (Wildman–Crippen LogP) is 1.97. The molecule has 0 N–H and O–H groups in total. The maximum atomic E-state index is 11.6. The molecule has 7 heteroatoms. The Hall–Kier alpha value is -0.880. The third kappa shape index (κ3) is 3.07. The van der Waals surface area contributed by atoms with E-state index in [0.717, 1.165) is 31.1 Å². The first-order chi connectivity index (χ1) is 8.20. The largest absolute Gasteiger partial charge is 0.466 e. The number of aromatic nitrogens is 2. The van der Waals surface area contributed by atoms with E-state index in [-0.39, 0.29) is 17.2 Å². The van der Waals surface area contributed by atoms with Crippen molar-refractivity contribution in [3.63, 3.8) is 0 Å². The zero-order valence-corrected chi connectivity index (χ0v) is 11.1. The van der Waals surface area contributed by atoms with Crippen molar-refractivity contribution in [2.75, 3.05) is 24.6 Å². The highest BCUT2D eigenvalue weighted by Gasteiger charge is 2.27. The van der Waals surface area contributed by atoms with Crippen LogP contribution in [0.25, 0.3) is 0 Å². The zero-order valence-electron chi connectivity index (χ0n) is 9.56. The molecule has 0 bridgehead atoms. The number of piperidine rings is 1.